The Balaban J connectivity index is 2.01. The molecule has 2 heterocycles. The summed E-state index contributed by atoms with van der Waals surface area (Å²) in [7, 11) is 1.86. The summed E-state index contributed by atoms with van der Waals surface area (Å²) >= 11 is 0. The minimum Gasteiger partial charge on any atom is -0.436 e. The van der Waals surface area contributed by atoms with Gasteiger partial charge in [0.05, 0.1) is 12.4 Å². The van der Waals surface area contributed by atoms with E-state index in [0.717, 1.165) is 25.2 Å². The zero-order valence-electron chi connectivity index (χ0n) is 11.7. The van der Waals surface area contributed by atoms with Gasteiger partial charge in [-0.3, -0.25) is 4.68 Å². The van der Waals surface area contributed by atoms with E-state index in [0.29, 0.717) is 11.6 Å². The van der Waals surface area contributed by atoms with E-state index >= 15 is 0 Å². The molecule has 5 heteroatoms. The lowest BCUT2D eigenvalue weighted by Gasteiger charge is -2.08. The van der Waals surface area contributed by atoms with Crippen molar-refractivity contribution in [1.82, 2.24) is 20.1 Å². The third-order valence-electron chi connectivity index (χ3n) is 2.82. The van der Waals surface area contributed by atoms with Crippen LogP contribution in [0.15, 0.2) is 24.5 Å². The topological polar surface area (TPSA) is 52.0 Å². The highest BCUT2D eigenvalue weighted by molar-refractivity contribution is 5.28. The van der Waals surface area contributed by atoms with Crippen molar-refractivity contribution >= 4 is 0 Å². The SMILES string of the molecule is CCCNCc1ccc(Oc2cnn(C)c2)nc1C. The van der Waals surface area contributed by atoms with Crippen molar-refractivity contribution in [3.05, 3.63) is 35.8 Å². The van der Waals surface area contributed by atoms with Gasteiger partial charge < -0.3 is 10.1 Å². The molecule has 0 spiro atoms. The molecule has 0 unspecified atom stereocenters. The first-order chi connectivity index (χ1) is 9.19. The average molecular weight is 260 g/mol. The maximum absolute atomic E-state index is 5.65. The van der Waals surface area contributed by atoms with Gasteiger partial charge in [0.15, 0.2) is 5.75 Å². The summed E-state index contributed by atoms with van der Waals surface area (Å²) in [5.41, 5.74) is 2.19. The van der Waals surface area contributed by atoms with Crippen molar-refractivity contribution in [2.45, 2.75) is 26.8 Å². The van der Waals surface area contributed by atoms with Crippen molar-refractivity contribution in [1.29, 1.82) is 0 Å². The number of hydrogen-bond acceptors (Lipinski definition) is 4. The number of aryl methyl sites for hydroxylation is 2. The van der Waals surface area contributed by atoms with E-state index in [4.69, 9.17) is 4.74 Å². The quantitative estimate of drug-likeness (QED) is 0.810. The van der Waals surface area contributed by atoms with Gasteiger partial charge in [-0.2, -0.15) is 5.10 Å². The first kappa shape index (κ1) is 13.5. The van der Waals surface area contributed by atoms with E-state index < -0.39 is 0 Å². The van der Waals surface area contributed by atoms with E-state index in [9.17, 15) is 0 Å². The molecule has 0 aromatic carbocycles. The molecule has 0 aliphatic rings. The van der Waals surface area contributed by atoms with Crippen molar-refractivity contribution in [2.75, 3.05) is 6.54 Å². The summed E-state index contributed by atoms with van der Waals surface area (Å²) in [6, 6.07) is 3.94. The molecule has 2 rings (SSSR count). The third-order valence-corrected chi connectivity index (χ3v) is 2.82. The molecule has 1 N–H and O–H groups in total. The van der Waals surface area contributed by atoms with Gasteiger partial charge in [-0.05, 0) is 25.5 Å². The highest BCUT2D eigenvalue weighted by Gasteiger charge is 2.04. The standard InChI is InChI=1S/C14H20N4O/c1-4-7-15-8-12-5-6-14(17-11(12)2)19-13-9-16-18(3)10-13/h5-6,9-10,15H,4,7-8H2,1-3H3. The molecular weight excluding hydrogens is 240 g/mol. The van der Waals surface area contributed by atoms with Crippen molar-refractivity contribution < 1.29 is 4.74 Å². The Morgan fingerprint density at radius 1 is 1.37 bits per heavy atom. The van der Waals surface area contributed by atoms with E-state index in [1.54, 1.807) is 10.9 Å². The number of nitrogens with one attached hydrogen (secondary N) is 1. The molecule has 102 valence electrons. The first-order valence-corrected chi connectivity index (χ1v) is 6.52. The number of nitrogens with zero attached hydrogens (tertiary/aromatic N) is 3. The number of rotatable bonds is 6. The molecule has 0 aliphatic carbocycles. The fourth-order valence-electron chi connectivity index (χ4n) is 1.78. The lowest BCUT2D eigenvalue weighted by atomic mass is 10.2. The van der Waals surface area contributed by atoms with Crippen LogP contribution in [0.25, 0.3) is 0 Å². The van der Waals surface area contributed by atoms with Gasteiger partial charge in [0.2, 0.25) is 5.88 Å². The average Bonchev–Trinajstić information content (AvgIpc) is 2.78. The summed E-state index contributed by atoms with van der Waals surface area (Å²) in [6.45, 7) is 6.02. The molecule has 2 aromatic rings. The first-order valence-electron chi connectivity index (χ1n) is 6.52. The molecule has 0 fully saturated rings. The summed E-state index contributed by atoms with van der Waals surface area (Å²) in [4.78, 5) is 4.46. The summed E-state index contributed by atoms with van der Waals surface area (Å²) in [6.07, 6.45) is 4.62. The van der Waals surface area contributed by atoms with Crippen LogP contribution in [0.1, 0.15) is 24.6 Å². The molecule has 5 nitrogen and oxygen atoms in total. The Morgan fingerprint density at radius 2 is 2.21 bits per heavy atom. The molecule has 0 bridgehead atoms. The lowest BCUT2D eigenvalue weighted by Crippen LogP contribution is -2.15. The predicted octanol–water partition coefficient (Wildman–Crippen LogP) is 2.42. The van der Waals surface area contributed by atoms with Crippen LogP contribution in [0.5, 0.6) is 11.6 Å². The highest BCUT2D eigenvalue weighted by Crippen LogP contribution is 2.19. The summed E-state index contributed by atoms with van der Waals surface area (Å²) < 4.78 is 7.35. The van der Waals surface area contributed by atoms with Gasteiger partial charge in [0.1, 0.15) is 0 Å². The van der Waals surface area contributed by atoms with Gasteiger partial charge in [-0.1, -0.05) is 13.0 Å². The van der Waals surface area contributed by atoms with Crippen LogP contribution in [-0.4, -0.2) is 21.3 Å². The Kier molecular flexibility index (Phi) is 4.52. The second-order valence-corrected chi connectivity index (χ2v) is 4.52. The second kappa shape index (κ2) is 6.33. The van der Waals surface area contributed by atoms with E-state index in [1.807, 2.05) is 26.2 Å². The number of hydrogen-bond donors (Lipinski definition) is 1. The normalized spacial score (nSPS) is 10.7. The maximum atomic E-state index is 5.65. The molecule has 0 saturated carbocycles. The predicted molar refractivity (Wildman–Crippen MR) is 74.3 cm³/mol. The van der Waals surface area contributed by atoms with Gasteiger partial charge in [0.25, 0.3) is 0 Å². The molecular formula is C14H20N4O. The van der Waals surface area contributed by atoms with Gasteiger partial charge in [-0.25, -0.2) is 4.98 Å². The monoisotopic (exact) mass is 260 g/mol. The fourth-order valence-corrected chi connectivity index (χ4v) is 1.78. The molecule has 19 heavy (non-hydrogen) atoms. The molecule has 0 amide bonds. The Labute approximate surface area is 113 Å². The summed E-state index contributed by atoms with van der Waals surface area (Å²) in [5.74, 6) is 1.30. The summed E-state index contributed by atoms with van der Waals surface area (Å²) in [5, 5.41) is 7.43. The van der Waals surface area contributed by atoms with Crippen LogP contribution < -0.4 is 10.1 Å². The van der Waals surface area contributed by atoms with E-state index in [1.165, 1.54) is 5.56 Å². The largest absolute Gasteiger partial charge is 0.436 e. The zero-order chi connectivity index (χ0) is 13.7. The minimum atomic E-state index is 0.602. The van der Waals surface area contributed by atoms with Gasteiger partial charge in [0, 0.05) is 25.4 Å². The van der Waals surface area contributed by atoms with Crippen molar-refractivity contribution in [3.63, 3.8) is 0 Å². The molecule has 0 aliphatic heterocycles. The number of ether oxygens (including phenoxy) is 1. The Hall–Kier alpha value is -1.88. The van der Waals surface area contributed by atoms with Crippen LogP contribution in [0, 0.1) is 6.92 Å². The smallest absolute Gasteiger partial charge is 0.219 e. The molecule has 0 saturated heterocycles. The van der Waals surface area contributed by atoms with E-state index in [-0.39, 0.29) is 0 Å². The Morgan fingerprint density at radius 3 is 2.84 bits per heavy atom. The lowest BCUT2D eigenvalue weighted by molar-refractivity contribution is 0.460. The fraction of sp³-hybridized carbons (Fsp3) is 0.429. The van der Waals surface area contributed by atoms with Crippen LogP contribution in [0.3, 0.4) is 0 Å². The highest BCUT2D eigenvalue weighted by atomic mass is 16.5. The van der Waals surface area contributed by atoms with Crippen LogP contribution >= 0.6 is 0 Å². The van der Waals surface area contributed by atoms with Crippen molar-refractivity contribution in [2.24, 2.45) is 7.05 Å². The molecule has 0 radical (unpaired) electrons. The van der Waals surface area contributed by atoms with Crippen LogP contribution in [0.2, 0.25) is 0 Å². The van der Waals surface area contributed by atoms with Gasteiger partial charge >= 0.3 is 0 Å². The molecule has 0 atom stereocenters. The van der Waals surface area contributed by atoms with E-state index in [2.05, 4.69) is 28.4 Å². The van der Waals surface area contributed by atoms with Crippen LogP contribution in [0.4, 0.5) is 0 Å². The number of pyridine rings is 1. The third kappa shape index (κ3) is 3.79. The van der Waals surface area contributed by atoms with Gasteiger partial charge in [-0.15, -0.1) is 0 Å². The number of aromatic nitrogens is 3. The minimum absolute atomic E-state index is 0.602. The Bertz CT molecular complexity index is 536. The van der Waals surface area contributed by atoms with Crippen LogP contribution in [-0.2, 0) is 13.6 Å². The maximum Gasteiger partial charge on any atom is 0.219 e. The second-order valence-electron chi connectivity index (χ2n) is 4.52. The van der Waals surface area contributed by atoms with Crippen molar-refractivity contribution in [3.8, 4) is 11.6 Å². The molecule has 2 aromatic heterocycles. The zero-order valence-corrected chi connectivity index (χ0v) is 11.7.